The van der Waals surface area contributed by atoms with Crippen LogP contribution in [0.5, 0.6) is 0 Å². The van der Waals surface area contributed by atoms with Crippen LogP contribution in [-0.2, 0) is 4.74 Å². The summed E-state index contributed by atoms with van der Waals surface area (Å²) >= 11 is 0. The molecule has 0 saturated carbocycles. The minimum absolute atomic E-state index is 0.219. The zero-order valence-electron chi connectivity index (χ0n) is 15.2. The number of nitrogens with two attached hydrogens (primary N) is 1. The van der Waals surface area contributed by atoms with Crippen molar-refractivity contribution >= 4 is 28.2 Å². The van der Waals surface area contributed by atoms with E-state index in [9.17, 15) is 4.79 Å². The third-order valence-electron chi connectivity index (χ3n) is 4.46. The first-order chi connectivity index (χ1) is 11.8. The van der Waals surface area contributed by atoms with Crippen molar-refractivity contribution in [1.29, 1.82) is 0 Å². The van der Waals surface area contributed by atoms with Gasteiger partial charge in [0.2, 0.25) is 0 Å². The molecule has 1 aliphatic rings. The van der Waals surface area contributed by atoms with E-state index in [0.717, 1.165) is 35.0 Å². The molecule has 0 unspecified atom stereocenters. The lowest BCUT2D eigenvalue weighted by Gasteiger charge is -2.34. The molecule has 5 nitrogen and oxygen atoms in total. The van der Waals surface area contributed by atoms with E-state index in [4.69, 9.17) is 10.5 Å². The van der Waals surface area contributed by atoms with Crippen molar-refractivity contribution in [2.24, 2.45) is 0 Å². The predicted molar refractivity (Wildman–Crippen MR) is 103 cm³/mol. The highest BCUT2D eigenvalue weighted by Gasteiger charge is 2.26. The van der Waals surface area contributed by atoms with Crippen molar-refractivity contribution in [1.82, 2.24) is 4.90 Å². The maximum Gasteiger partial charge on any atom is 0.410 e. The summed E-state index contributed by atoms with van der Waals surface area (Å²) in [6.45, 7) is 7.10. The minimum atomic E-state index is -0.449. The Morgan fingerprint density at radius 2 is 1.76 bits per heavy atom. The number of nitrogens with one attached hydrogen (secondary N) is 1. The molecular weight excluding hydrogens is 314 g/mol. The Morgan fingerprint density at radius 3 is 2.40 bits per heavy atom. The molecule has 0 radical (unpaired) electrons. The van der Waals surface area contributed by atoms with Crippen molar-refractivity contribution in [2.75, 3.05) is 24.1 Å². The Bertz CT molecular complexity index is 759. The lowest BCUT2D eigenvalue weighted by molar-refractivity contribution is 0.0210. The second-order valence-electron chi connectivity index (χ2n) is 7.63. The molecule has 2 aromatic rings. The maximum atomic E-state index is 12.2. The van der Waals surface area contributed by atoms with Gasteiger partial charge in [-0.25, -0.2) is 4.79 Å². The molecule has 0 atom stereocenters. The molecule has 5 heteroatoms. The molecule has 0 aromatic heterocycles. The quantitative estimate of drug-likeness (QED) is 0.802. The number of amides is 1. The molecule has 0 bridgehead atoms. The Morgan fingerprint density at radius 1 is 1.12 bits per heavy atom. The van der Waals surface area contributed by atoms with Gasteiger partial charge in [-0.2, -0.15) is 0 Å². The van der Waals surface area contributed by atoms with E-state index in [1.165, 1.54) is 0 Å². The second-order valence-corrected chi connectivity index (χ2v) is 7.63. The van der Waals surface area contributed by atoms with Crippen LogP contribution in [0.4, 0.5) is 16.2 Å². The molecule has 3 N–H and O–H groups in total. The summed E-state index contributed by atoms with van der Waals surface area (Å²) in [5, 5.41) is 5.83. The molecule has 1 aliphatic heterocycles. The number of carbonyl (C=O) groups excluding carboxylic acids is 1. The first-order valence-electron chi connectivity index (χ1n) is 8.85. The average Bonchev–Trinajstić information content (AvgIpc) is 2.57. The van der Waals surface area contributed by atoms with Gasteiger partial charge in [0.1, 0.15) is 5.60 Å². The van der Waals surface area contributed by atoms with Crippen molar-refractivity contribution < 1.29 is 9.53 Å². The Labute approximate surface area is 149 Å². The van der Waals surface area contributed by atoms with Crippen molar-refractivity contribution in [3.05, 3.63) is 36.4 Å². The van der Waals surface area contributed by atoms with Gasteiger partial charge in [-0.1, -0.05) is 24.3 Å². The van der Waals surface area contributed by atoms with E-state index in [0.29, 0.717) is 19.1 Å². The molecule has 0 aliphatic carbocycles. The topological polar surface area (TPSA) is 67.6 Å². The fraction of sp³-hybridized carbons (Fsp3) is 0.450. The number of hydrogen-bond donors (Lipinski definition) is 2. The number of nitrogen functional groups attached to an aromatic ring is 1. The normalized spacial score (nSPS) is 16.0. The Hall–Kier alpha value is -2.43. The third kappa shape index (κ3) is 4.16. The summed E-state index contributed by atoms with van der Waals surface area (Å²) < 4.78 is 5.45. The molecule has 2 aromatic carbocycles. The Kier molecular flexibility index (Phi) is 4.75. The second kappa shape index (κ2) is 6.82. The molecule has 1 saturated heterocycles. The number of benzene rings is 2. The average molecular weight is 341 g/mol. The first kappa shape index (κ1) is 17.4. The van der Waals surface area contributed by atoms with E-state index in [1.54, 1.807) is 4.90 Å². The van der Waals surface area contributed by atoms with Crippen LogP contribution >= 0.6 is 0 Å². The standard InChI is InChI=1S/C20H27N3O2/c1-20(2,3)25-19(24)23-12-10-14(11-13-23)22-18-9-8-17(21)15-6-4-5-7-16(15)18/h4-9,14,22H,10-13,21H2,1-3H3. The number of carbonyl (C=O) groups is 1. The number of ether oxygens (including phenoxy) is 1. The van der Waals surface area contributed by atoms with Crippen LogP contribution in [0.1, 0.15) is 33.6 Å². The number of anilines is 2. The maximum absolute atomic E-state index is 12.2. The van der Waals surface area contributed by atoms with Crippen molar-refractivity contribution in [3.8, 4) is 0 Å². The number of hydrogen-bond acceptors (Lipinski definition) is 4. The number of piperidine rings is 1. The van der Waals surface area contributed by atoms with E-state index in [2.05, 4.69) is 11.4 Å². The fourth-order valence-electron chi connectivity index (χ4n) is 3.20. The van der Waals surface area contributed by atoms with Crippen LogP contribution < -0.4 is 11.1 Å². The molecular formula is C20H27N3O2. The Balaban J connectivity index is 1.63. The van der Waals surface area contributed by atoms with Crippen LogP contribution in [-0.4, -0.2) is 35.7 Å². The van der Waals surface area contributed by atoms with Crippen molar-refractivity contribution in [3.63, 3.8) is 0 Å². The first-order valence-corrected chi connectivity index (χ1v) is 8.85. The van der Waals surface area contributed by atoms with Crippen LogP contribution in [0.3, 0.4) is 0 Å². The SMILES string of the molecule is CC(C)(C)OC(=O)N1CCC(Nc2ccc(N)c3ccccc23)CC1. The fourth-order valence-corrected chi connectivity index (χ4v) is 3.20. The third-order valence-corrected chi connectivity index (χ3v) is 4.46. The minimum Gasteiger partial charge on any atom is -0.444 e. The molecule has 1 heterocycles. The van der Waals surface area contributed by atoms with Gasteiger partial charge in [0, 0.05) is 41.3 Å². The summed E-state index contributed by atoms with van der Waals surface area (Å²) in [4.78, 5) is 14.0. The number of rotatable bonds is 2. The molecule has 1 fully saturated rings. The predicted octanol–water partition coefficient (Wildman–Crippen LogP) is 4.23. The van der Waals surface area contributed by atoms with Gasteiger partial charge in [0.05, 0.1) is 0 Å². The number of nitrogens with zero attached hydrogens (tertiary/aromatic N) is 1. The molecule has 25 heavy (non-hydrogen) atoms. The highest BCUT2D eigenvalue weighted by molar-refractivity contribution is 6.01. The molecule has 0 spiro atoms. The summed E-state index contributed by atoms with van der Waals surface area (Å²) in [5.41, 5.74) is 7.52. The van der Waals surface area contributed by atoms with Gasteiger partial charge in [-0.3, -0.25) is 0 Å². The van der Waals surface area contributed by atoms with Crippen LogP contribution in [0.2, 0.25) is 0 Å². The monoisotopic (exact) mass is 341 g/mol. The van der Waals surface area contributed by atoms with Gasteiger partial charge in [0.25, 0.3) is 0 Å². The lowest BCUT2D eigenvalue weighted by atomic mass is 10.0. The highest BCUT2D eigenvalue weighted by atomic mass is 16.6. The van der Waals surface area contributed by atoms with Crippen LogP contribution in [0.15, 0.2) is 36.4 Å². The van der Waals surface area contributed by atoms with E-state index in [1.807, 2.05) is 51.1 Å². The lowest BCUT2D eigenvalue weighted by Crippen LogP contribution is -2.44. The zero-order valence-corrected chi connectivity index (χ0v) is 15.2. The highest BCUT2D eigenvalue weighted by Crippen LogP contribution is 2.29. The zero-order chi connectivity index (χ0) is 18.0. The smallest absolute Gasteiger partial charge is 0.410 e. The van der Waals surface area contributed by atoms with Gasteiger partial charge < -0.3 is 20.7 Å². The summed E-state index contributed by atoms with van der Waals surface area (Å²) in [6.07, 6.45) is 1.58. The summed E-state index contributed by atoms with van der Waals surface area (Å²) in [7, 11) is 0. The van der Waals surface area contributed by atoms with Gasteiger partial charge >= 0.3 is 6.09 Å². The van der Waals surface area contributed by atoms with Gasteiger partial charge in [0.15, 0.2) is 0 Å². The number of fused-ring (bicyclic) bond motifs is 1. The van der Waals surface area contributed by atoms with E-state index >= 15 is 0 Å². The summed E-state index contributed by atoms with van der Waals surface area (Å²) in [5.74, 6) is 0. The largest absolute Gasteiger partial charge is 0.444 e. The van der Waals surface area contributed by atoms with Crippen molar-refractivity contribution in [2.45, 2.75) is 45.3 Å². The van der Waals surface area contributed by atoms with Crippen LogP contribution in [0.25, 0.3) is 10.8 Å². The van der Waals surface area contributed by atoms with E-state index < -0.39 is 5.60 Å². The molecule has 1 amide bonds. The van der Waals surface area contributed by atoms with Gasteiger partial charge in [-0.05, 0) is 45.7 Å². The number of likely N-dealkylation sites (tertiary alicyclic amines) is 1. The molecule has 134 valence electrons. The molecule has 3 rings (SSSR count). The van der Waals surface area contributed by atoms with Crippen LogP contribution in [0, 0.1) is 0 Å². The summed E-state index contributed by atoms with van der Waals surface area (Å²) in [6, 6.07) is 12.5. The van der Waals surface area contributed by atoms with Gasteiger partial charge in [-0.15, -0.1) is 0 Å². The van der Waals surface area contributed by atoms with E-state index in [-0.39, 0.29) is 6.09 Å².